The molecule has 1 aromatic heterocycles. The maximum absolute atomic E-state index is 5.90. The minimum atomic E-state index is 0.439. The molecule has 23 heavy (non-hydrogen) atoms. The number of nitrogen functional groups attached to an aromatic ring is 1. The van der Waals surface area contributed by atoms with Crippen molar-refractivity contribution in [1.82, 2.24) is 9.97 Å². The van der Waals surface area contributed by atoms with Gasteiger partial charge in [0.05, 0.1) is 11.3 Å². The standard InChI is InChI=1S/C12H15N5.C6H12/c1-2-14-12-16-8-9(11(13)17-12)10-6-4-3-5-7-15-10;1-2-4-6-5-3-1/h3-4,6-8H,2,5H2,1H3,(H3,13,14,16,17);1-6H2. The van der Waals surface area contributed by atoms with E-state index in [2.05, 4.69) is 20.3 Å². The van der Waals surface area contributed by atoms with Crippen molar-refractivity contribution < 1.29 is 0 Å². The number of hydrogen-bond acceptors (Lipinski definition) is 5. The van der Waals surface area contributed by atoms with E-state index in [1.165, 1.54) is 38.5 Å². The summed E-state index contributed by atoms with van der Waals surface area (Å²) in [5.41, 5.74) is 7.45. The van der Waals surface area contributed by atoms with E-state index in [0.29, 0.717) is 11.8 Å². The summed E-state index contributed by atoms with van der Waals surface area (Å²) in [6, 6.07) is 0. The summed E-state index contributed by atoms with van der Waals surface area (Å²) in [5.74, 6) is 0.983. The van der Waals surface area contributed by atoms with Crippen molar-refractivity contribution in [2.24, 2.45) is 4.99 Å². The lowest BCUT2D eigenvalue weighted by Crippen LogP contribution is -2.06. The van der Waals surface area contributed by atoms with Crippen molar-refractivity contribution >= 4 is 23.7 Å². The van der Waals surface area contributed by atoms with Crippen LogP contribution in [0.15, 0.2) is 29.4 Å². The zero-order valence-corrected chi connectivity index (χ0v) is 14.0. The molecule has 0 saturated heterocycles. The average molecular weight is 313 g/mol. The highest BCUT2D eigenvalue weighted by Gasteiger charge is 2.08. The Labute approximate surface area is 138 Å². The summed E-state index contributed by atoms with van der Waals surface area (Å²) in [4.78, 5) is 12.7. The number of nitrogens with one attached hydrogen (secondary N) is 1. The third-order valence-corrected chi connectivity index (χ3v) is 3.79. The van der Waals surface area contributed by atoms with E-state index in [1.54, 1.807) is 6.20 Å². The molecular formula is C18H27N5. The lowest BCUT2D eigenvalue weighted by Gasteiger charge is -2.06. The van der Waals surface area contributed by atoms with Crippen LogP contribution in [0.3, 0.4) is 0 Å². The molecule has 0 unspecified atom stereocenters. The number of aromatic nitrogens is 2. The van der Waals surface area contributed by atoms with Gasteiger partial charge in [0, 0.05) is 25.4 Å². The number of hydrogen-bond donors (Lipinski definition) is 2. The maximum Gasteiger partial charge on any atom is 0.224 e. The molecule has 3 N–H and O–H groups in total. The quantitative estimate of drug-likeness (QED) is 0.876. The van der Waals surface area contributed by atoms with Crippen LogP contribution >= 0.6 is 0 Å². The molecule has 1 saturated carbocycles. The summed E-state index contributed by atoms with van der Waals surface area (Å²) in [6.07, 6.45) is 19.3. The van der Waals surface area contributed by atoms with Gasteiger partial charge < -0.3 is 11.1 Å². The van der Waals surface area contributed by atoms with Gasteiger partial charge in [-0.25, -0.2) is 4.98 Å². The van der Waals surface area contributed by atoms with Gasteiger partial charge in [0.2, 0.25) is 5.95 Å². The Morgan fingerprint density at radius 1 is 1.13 bits per heavy atom. The first-order chi connectivity index (χ1) is 11.3. The summed E-state index contributed by atoms with van der Waals surface area (Å²) in [7, 11) is 0. The summed E-state index contributed by atoms with van der Waals surface area (Å²) in [6.45, 7) is 2.75. The van der Waals surface area contributed by atoms with Crippen LogP contribution in [0.4, 0.5) is 11.8 Å². The predicted molar refractivity (Wildman–Crippen MR) is 98.5 cm³/mol. The van der Waals surface area contributed by atoms with E-state index < -0.39 is 0 Å². The second-order valence-corrected chi connectivity index (χ2v) is 5.67. The van der Waals surface area contributed by atoms with Gasteiger partial charge in [-0.3, -0.25) is 4.99 Å². The Bertz CT molecular complexity index is 559. The summed E-state index contributed by atoms with van der Waals surface area (Å²) < 4.78 is 0. The molecule has 1 aliphatic heterocycles. The fraction of sp³-hybridized carbons (Fsp3) is 0.500. The van der Waals surface area contributed by atoms with Crippen LogP contribution in [0.1, 0.15) is 57.4 Å². The zero-order chi connectivity index (χ0) is 16.3. The van der Waals surface area contributed by atoms with E-state index in [4.69, 9.17) is 5.73 Å². The van der Waals surface area contributed by atoms with Gasteiger partial charge in [-0.15, -0.1) is 0 Å². The van der Waals surface area contributed by atoms with Gasteiger partial charge in [0.25, 0.3) is 0 Å². The van der Waals surface area contributed by atoms with Crippen LogP contribution in [-0.4, -0.2) is 22.7 Å². The first-order valence-electron chi connectivity index (χ1n) is 8.57. The normalized spacial score (nSPS) is 16.8. The summed E-state index contributed by atoms with van der Waals surface area (Å²) in [5, 5.41) is 3.02. The molecule has 0 radical (unpaired) electrons. The number of nitrogens with two attached hydrogens (primary N) is 1. The van der Waals surface area contributed by atoms with Gasteiger partial charge in [0.1, 0.15) is 5.82 Å². The van der Waals surface area contributed by atoms with Crippen LogP contribution < -0.4 is 11.1 Å². The van der Waals surface area contributed by atoms with Gasteiger partial charge in [0.15, 0.2) is 0 Å². The number of allylic oxidation sites excluding steroid dienone is 3. The fourth-order valence-corrected chi connectivity index (χ4v) is 2.55. The van der Waals surface area contributed by atoms with Crippen molar-refractivity contribution in [2.75, 3.05) is 17.6 Å². The first kappa shape index (κ1) is 17.2. The second kappa shape index (κ2) is 9.77. The molecule has 5 heteroatoms. The van der Waals surface area contributed by atoms with Crippen LogP contribution in [-0.2, 0) is 0 Å². The van der Waals surface area contributed by atoms with Crippen molar-refractivity contribution in [2.45, 2.75) is 51.9 Å². The lowest BCUT2D eigenvalue weighted by atomic mass is 10.0. The van der Waals surface area contributed by atoms with Crippen molar-refractivity contribution in [3.05, 3.63) is 30.0 Å². The third-order valence-electron chi connectivity index (χ3n) is 3.79. The highest BCUT2D eigenvalue weighted by molar-refractivity contribution is 5.80. The van der Waals surface area contributed by atoms with Crippen LogP contribution in [0, 0.1) is 0 Å². The number of nitrogens with zero attached hydrogens (tertiary/aromatic N) is 3. The molecule has 0 bridgehead atoms. The van der Waals surface area contributed by atoms with Crippen molar-refractivity contribution in [1.29, 1.82) is 0 Å². The smallest absolute Gasteiger partial charge is 0.224 e. The van der Waals surface area contributed by atoms with E-state index in [-0.39, 0.29) is 0 Å². The molecule has 124 valence electrons. The molecule has 0 atom stereocenters. The minimum absolute atomic E-state index is 0.439. The van der Waals surface area contributed by atoms with Crippen LogP contribution in [0.25, 0.3) is 5.70 Å². The Balaban J connectivity index is 0.000000268. The maximum atomic E-state index is 5.90. The Morgan fingerprint density at radius 3 is 2.43 bits per heavy atom. The van der Waals surface area contributed by atoms with Gasteiger partial charge in [-0.1, -0.05) is 50.7 Å². The summed E-state index contributed by atoms with van der Waals surface area (Å²) >= 11 is 0. The molecular weight excluding hydrogens is 286 g/mol. The molecule has 0 spiro atoms. The molecule has 5 nitrogen and oxygen atoms in total. The minimum Gasteiger partial charge on any atom is -0.383 e. The molecule has 1 aromatic rings. The van der Waals surface area contributed by atoms with Gasteiger partial charge in [-0.05, 0) is 13.0 Å². The van der Waals surface area contributed by atoms with E-state index in [0.717, 1.165) is 24.2 Å². The predicted octanol–water partition coefficient (Wildman–Crippen LogP) is 4.20. The molecule has 2 heterocycles. The zero-order valence-electron chi connectivity index (χ0n) is 14.0. The van der Waals surface area contributed by atoms with Gasteiger partial charge >= 0.3 is 0 Å². The largest absolute Gasteiger partial charge is 0.383 e. The highest BCUT2D eigenvalue weighted by atomic mass is 15.1. The lowest BCUT2D eigenvalue weighted by molar-refractivity contribution is 0.504. The molecule has 1 aliphatic carbocycles. The molecule has 1 fully saturated rings. The Morgan fingerprint density at radius 2 is 1.83 bits per heavy atom. The van der Waals surface area contributed by atoms with E-state index in [1.807, 2.05) is 31.4 Å². The molecule has 3 rings (SSSR count). The number of aliphatic imine (C=N–C) groups is 1. The SMILES string of the molecule is C1CCCCC1.CCNc1ncc(C2=CC=CCC=N2)c(N)n1. The second-order valence-electron chi connectivity index (χ2n) is 5.67. The molecule has 0 amide bonds. The van der Waals surface area contributed by atoms with Crippen molar-refractivity contribution in [3.63, 3.8) is 0 Å². The Kier molecular flexibility index (Phi) is 7.30. The average Bonchev–Trinajstić information content (AvgIpc) is 2.87. The van der Waals surface area contributed by atoms with E-state index in [9.17, 15) is 0 Å². The van der Waals surface area contributed by atoms with Crippen LogP contribution in [0.5, 0.6) is 0 Å². The van der Waals surface area contributed by atoms with Gasteiger partial charge in [-0.2, -0.15) is 4.98 Å². The van der Waals surface area contributed by atoms with Crippen molar-refractivity contribution in [3.8, 4) is 0 Å². The van der Waals surface area contributed by atoms with Crippen LogP contribution in [0.2, 0.25) is 0 Å². The van der Waals surface area contributed by atoms with E-state index >= 15 is 0 Å². The monoisotopic (exact) mass is 313 g/mol. The fourth-order valence-electron chi connectivity index (χ4n) is 2.55. The third kappa shape index (κ3) is 5.85. The first-order valence-corrected chi connectivity index (χ1v) is 8.57. The Hall–Kier alpha value is -2.17. The molecule has 2 aliphatic rings. The number of anilines is 2. The number of rotatable bonds is 3. The topological polar surface area (TPSA) is 76.2 Å². The molecule has 0 aromatic carbocycles. The highest BCUT2D eigenvalue weighted by Crippen LogP contribution is 2.22.